The topological polar surface area (TPSA) is 92.3 Å². The zero-order chi connectivity index (χ0) is 25.4. The van der Waals surface area contributed by atoms with Crippen LogP contribution in [0.25, 0.3) is 0 Å². The van der Waals surface area contributed by atoms with Gasteiger partial charge in [-0.3, -0.25) is 19.2 Å². The first-order valence-electron chi connectivity index (χ1n) is 10.8. The van der Waals surface area contributed by atoms with Crippen molar-refractivity contribution in [1.29, 1.82) is 0 Å². The highest BCUT2D eigenvalue weighted by Gasteiger charge is 2.34. The van der Waals surface area contributed by atoms with Gasteiger partial charge in [0.1, 0.15) is 0 Å². The van der Waals surface area contributed by atoms with Crippen LogP contribution in [0.1, 0.15) is 52.6 Å². The van der Waals surface area contributed by atoms with Gasteiger partial charge in [-0.25, -0.2) is 0 Å². The minimum absolute atomic E-state index is 0.0369. The summed E-state index contributed by atoms with van der Waals surface area (Å²) in [5.41, 5.74) is 1.14. The third kappa shape index (κ3) is 4.06. The summed E-state index contributed by atoms with van der Waals surface area (Å²) in [6, 6.07) is 22.3. The van der Waals surface area contributed by atoms with Gasteiger partial charge in [0.05, 0.1) is 43.7 Å². The smallest absolute Gasteiger partial charge is 0.257 e. The van der Waals surface area contributed by atoms with Crippen molar-refractivity contribution in [2.45, 2.75) is 0 Å². The van der Waals surface area contributed by atoms with Crippen LogP contribution in [0.5, 0.6) is 0 Å². The molecule has 2 amide bonds. The Morgan fingerprint density at radius 2 is 0.944 bits per heavy atom. The highest BCUT2D eigenvalue weighted by molar-refractivity contribution is 6.36. The number of hydrogen-bond donors (Lipinski definition) is 2. The number of rotatable bonds is 4. The van der Waals surface area contributed by atoms with Crippen molar-refractivity contribution in [3.63, 3.8) is 0 Å². The van der Waals surface area contributed by atoms with Gasteiger partial charge in [0.2, 0.25) is 0 Å². The molecular weight excluding hydrogens is 499 g/mol. The molecule has 0 saturated heterocycles. The van der Waals surface area contributed by atoms with Gasteiger partial charge >= 0.3 is 0 Å². The molecule has 0 saturated carbocycles. The van der Waals surface area contributed by atoms with Crippen LogP contribution in [0.15, 0.2) is 84.9 Å². The van der Waals surface area contributed by atoms with Gasteiger partial charge in [0, 0.05) is 11.1 Å². The maximum atomic E-state index is 13.8. The zero-order valence-corrected chi connectivity index (χ0v) is 20.0. The Kier molecular flexibility index (Phi) is 6.14. The van der Waals surface area contributed by atoms with Crippen molar-refractivity contribution in [2.75, 3.05) is 10.6 Å². The lowest BCUT2D eigenvalue weighted by molar-refractivity contribution is 0.0978. The lowest BCUT2D eigenvalue weighted by Gasteiger charge is -2.23. The van der Waals surface area contributed by atoms with E-state index in [1.165, 1.54) is 24.3 Å². The molecule has 0 spiro atoms. The molecule has 0 unspecified atom stereocenters. The summed E-state index contributed by atoms with van der Waals surface area (Å²) in [6.45, 7) is 0. The Morgan fingerprint density at radius 3 is 1.36 bits per heavy atom. The number of benzene rings is 4. The largest absolute Gasteiger partial charge is 0.321 e. The van der Waals surface area contributed by atoms with Crippen LogP contribution in [0.2, 0.25) is 10.0 Å². The summed E-state index contributed by atoms with van der Waals surface area (Å²) < 4.78 is 0. The van der Waals surface area contributed by atoms with E-state index in [2.05, 4.69) is 10.6 Å². The quantitative estimate of drug-likeness (QED) is 0.295. The number of hydrogen-bond acceptors (Lipinski definition) is 4. The average Bonchev–Trinajstić information content (AvgIpc) is 2.87. The Bertz CT molecular complexity index is 1480. The third-order valence-corrected chi connectivity index (χ3v) is 6.46. The van der Waals surface area contributed by atoms with Crippen molar-refractivity contribution in [3.05, 3.63) is 128 Å². The molecule has 0 aliphatic heterocycles. The number of nitrogens with one attached hydrogen (secondary N) is 2. The molecule has 176 valence electrons. The minimum atomic E-state index is -0.527. The molecule has 2 N–H and O–H groups in total. The molecule has 8 heteroatoms. The fraction of sp³-hybridized carbons (Fsp3) is 0. The van der Waals surface area contributed by atoms with E-state index in [-0.39, 0.29) is 54.8 Å². The number of halogens is 2. The van der Waals surface area contributed by atoms with Gasteiger partial charge in [-0.05, 0) is 36.4 Å². The third-order valence-electron chi connectivity index (χ3n) is 5.81. The van der Waals surface area contributed by atoms with Gasteiger partial charge in [-0.15, -0.1) is 0 Å². The fourth-order valence-electron chi connectivity index (χ4n) is 4.12. The van der Waals surface area contributed by atoms with Crippen molar-refractivity contribution in [3.8, 4) is 0 Å². The molecule has 0 fully saturated rings. The number of ketones is 2. The molecule has 5 rings (SSSR count). The van der Waals surface area contributed by atoms with Crippen molar-refractivity contribution >= 4 is 58.0 Å². The normalized spacial score (nSPS) is 11.9. The molecule has 0 bridgehead atoms. The second-order valence-electron chi connectivity index (χ2n) is 7.98. The molecule has 6 nitrogen and oxygen atoms in total. The van der Waals surface area contributed by atoms with Crippen LogP contribution in [0.4, 0.5) is 11.4 Å². The Balaban J connectivity index is 1.55. The second kappa shape index (κ2) is 9.41. The lowest BCUT2D eigenvalue weighted by Crippen LogP contribution is -2.26. The second-order valence-corrected chi connectivity index (χ2v) is 8.80. The number of anilines is 2. The van der Waals surface area contributed by atoms with Gasteiger partial charge in [0.15, 0.2) is 11.6 Å². The van der Waals surface area contributed by atoms with E-state index in [1.54, 1.807) is 60.7 Å². The predicted octanol–water partition coefficient (Wildman–Crippen LogP) is 6.27. The van der Waals surface area contributed by atoms with Gasteiger partial charge in [-0.1, -0.05) is 71.7 Å². The van der Waals surface area contributed by atoms with E-state index in [0.29, 0.717) is 0 Å². The Hall–Kier alpha value is -4.26. The molecule has 0 aromatic heterocycles. The van der Waals surface area contributed by atoms with E-state index in [0.717, 1.165) is 0 Å². The van der Waals surface area contributed by atoms with Crippen LogP contribution in [-0.4, -0.2) is 23.4 Å². The van der Waals surface area contributed by atoms with Crippen molar-refractivity contribution < 1.29 is 19.2 Å². The highest BCUT2D eigenvalue weighted by Crippen LogP contribution is 2.36. The summed E-state index contributed by atoms with van der Waals surface area (Å²) in [6.07, 6.45) is 0. The highest BCUT2D eigenvalue weighted by atomic mass is 35.5. The molecule has 1 aliphatic carbocycles. The van der Waals surface area contributed by atoms with Gasteiger partial charge < -0.3 is 10.6 Å². The van der Waals surface area contributed by atoms with Crippen molar-refractivity contribution in [2.24, 2.45) is 0 Å². The van der Waals surface area contributed by atoms with Crippen molar-refractivity contribution in [1.82, 2.24) is 0 Å². The summed E-state index contributed by atoms with van der Waals surface area (Å²) in [5.74, 6) is -1.97. The molecular formula is C28H16Cl2N2O4. The predicted molar refractivity (Wildman–Crippen MR) is 139 cm³/mol. The van der Waals surface area contributed by atoms with Crippen LogP contribution >= 0.6 is 23.2 Å². The van der Waals surface area contributed by atoms with Crippen LogP contribution in [0.3, 0.4) is 0 Å². The molecule has 0 atom stereocenters. The first-order chi connectivity index (χ1) is 17.4. The van der Waals surface area contributed by atoms with Crippen LogP contribution in [-0.2, 0) is 0 Å². The SMILES string of the molecule is O=C(Nc1cccc2c1C(=O)c1c(NC(=O)c3ccccc3Cl)cccc1C2=O)c1ccccc1Cl. The van der Waals surface area contributed by atoms with E-state index >= 15 is 0 Å². The number of amides is 2. The van der Waals surface area contributed by atoms with E-state index in [4.69, 9.17) is 23.2 Å². The molecule has 0 heterocycles. The first kappa shape index (κ1) is 23.5. The van der Waals surface area contributed by atoms with E-state index in [1.807, 2.05) is 0 Å². The van der Waals surface area contributed by atoms with E-state index in [9.17, 15) is 19.2 Å². The van der Waals surface area contributed by atoms with Gasteiger partial charge in [0.25, 0.3) is 11.8 Å². The van der Waals surface area contributed by atoms with E-state index < -0.39 is 23.4 Å². The first-order valence-corrected chi connectivity index (χ1v) is 11.6. The monoisotopic (exact) mass is 514 g/mol. The molecule has 4 aromatic carbocycles. The number of fused-ring (bicyclic) bond motifs is 2. The summed E-state index contributed by atoms with van der Waals surface area (Å²) in [5, 5.41) is 5.90. The molecule has 36 heavy (non-hydrogen) atoms. The number of carbonyl (C=O) groups is 4. The summed E-state index contributed by atoms with van der Waals surface area (Å²) in [4.78, 5) is 52.9. The number of carbonyl (C=O) groups excluding carboxylic acids is 4. The van der Waals surface area contributed by atoms with Gasteiger partial charge in [-0.2, -0.15) is 0 Å². The van der Waals surface area contributed by atoms with Crippen LogP contribution in [0, 0.1) is 0 Å². The summed E-state index contributed by atoms with van der Waals surface area (Å²) in [7, 11) is 0. The minimum Gasteiger partial charge on any atom is -0.321 e. The standard InChI is InChI=1S/C28H16Cl2N2O4/c29-19-11-3-1-7-15(19)27(35)31-21-13-5-9-17-23(21)26(34)24-18(25(17)33)10-6-14-22(24)32-28(36)16-8-2-4-12-20(16)30/h1-14H,(H,31,35)(H,32,36). The lowest BCUT2D eigenvalue weighted by atomic mass is 9.82. The Labute approximate surface area is 215 Å². The fourth-order valence-corrected chi connectivity index (χ4v) is 4.56. The maximum Gasteiger partial charge on any atom is 0.257 e. The summed E-state index contributed by atoms with van der Waals surface area (Å²) >= 11 is 12.3. The maximum absolute atomic E-state index is 13.8. The zero-order valence-electron chi connectivity index (χ0n) is 18.5. The molecule has 4 aromatic rings. The Morgan fingerprint density at radius 1 is 0.528 bits per heavy atom. The molecule has 0 radical (unpaired) electrons. The van der Waals surface area contributed by atoms with Crippen LogP contribution < -0.4 is 10.6 Å². The average molecular weight is 515 g/mol. The molecule has 1 aliphatic rings.